The van der Waals surface area contributed by atoms with Crippen LogP contribution in [0.2, 0.25) is 0 Å². The molecule has 118 valence electrons. The van der Waals surface area contributed by atoms with E-state index in [1.165, 1.54) is 12.1 Å². The normalized spacial score (nSPS) is 12.5. The molecule has 1 N–H and O–H groups in total. The number of halogens is 1. The Bertz CT molecular complexity index is 752. The summed E-state index contributed by atoms with van der Waals surface area (Å²) in [5.41, 5.74) is 3.95. The maximum Gasteiger partial charge on any atom is 0.123 e. The highest BCUT2D eigenvalue weighted by atomic mass is 19.1. The number of pyridine rings is 1. The first kappa shape index (κ1) is 15.4. The Morgan fingerprint density at radius 1 is 1.17 bits per heavy atom. The predicted molar refractivity (Wildman–Crippen MR) is 88.1 cm³/mol. The summed E-state index contributed by atoms with van der Waals surface area (Å²) < 4.78 is 13.1. The zero-order valence-electron chi connectivity index (χ0n) is 13.2. The number of nitrogens with zero attached hydrogens (tertiary/aromatic N) is 3. The summed E-state index contributed by atoms with van der Waals surface area (Å²) in [5.74, 6) is -0.240. The van der Waals surface area contributed by atoms with Gasteiger partial charge in [-0.1, -0.05) is 6.07 Å². The Morgan fingerprint density at radius 3 is 2.65 bits per heavy atom. The lowest BCUT2D eigenvalue weighted by molar-refractivity contribution is 0.249. The molecule has 0 saturated heterocycles. The van der Waals surface area contributed by atoms with Crippen LogP contribution in [0.5, 0.6) is 0 Å². The fourth-order valence-corrected chi connectivity index (χ4v) is 2.55. The van der Waals surface area contributed by atoms with Crippen LogP contribution in [-0.2, 0) is 6.54 Å². The number of aromatic nitrogens is 3. The van der Waals surface area contributed by atoms with Crippen LogP contribution in [-0.4, -0.2) is 27.1 Å². The molecule has 0 radical (unpaired) electrons. The Morgan fingerprint density at radius 2 is 1.96 bits per heavy atom. The van der Waals surface area contributed by atoms with Crippen LogP contribution in [0.25, 0.3) is 11.3 Å². The van der Waals surface area contributed by atoms with E-state index in [-0.39, 0.29) is 11.9 Å². The lowest BCUT2D eigenvalue weighted by Gasteiger charge is -2.24. The predicted octanol–water partition coefficient (Wildman–Crippen LogP) is 3.80. The van der Waals surface area contributed by atoms with E-state index in [1.807, 2.05) is 30.6 Å². The molecule has 0 aliphatic rings. The van der Waals surface area contributed by atoms with E-state index in [1.54, 1.807) is 12.1 Å². The smallest absolute Gasteiger partial charge is 0.123 e. The number of hydrogen-bond donors (Lipinski definition) is 1. The van der Waals surface area contributed by atoms with E-state index in [4.69, 9.17) is 0 Å². The lowest BCUT2D eigenvalue weighted by Crippen LogP contribution is -2.22. The fraction of sp³-hybridized carbons (Fsp3) is 0.222. The number of aromatic amines is 1. The molecular formula is C18H19FN4. The first-order valence-electron chi connectivity index (χ1n) is 7.54. The number of H-pyrrole nitrogens is 1. The standard InChI is InChI=1S/C18H19FN4/c1-13(17-5-3-4-10-20-17)23(2)12-15-11-21-22-18(15)14-6-8-16(19)9-7-14/h3-11,13H,12H2,1-2H3,(H,21,22)/t13-/m1/s1. The Kier molecular flexibility index (Phi) is 4.48. The quantitative estimate of drug-likeness (QED) is 0.779. The first-order chi connectivity index (χ1) is 11.1. The number of benzene rings is 1. The van der Waals surface area contributed by atoms with Crippen molar-refractivity contribution in [2.45, 2.75) is 19.5 Å². The zero-order chi connectivity index (χ0) is 16.2. The van der Waals surface area contributed by atoms with Crippen molar-refractivity contribution in [2.24, 2.45) is 0 Å². The van der Waals surface area contributed by atoms with E-state index in [9.17, 15) is 4.39 Å². The molecule has 2 heterocycles. The van der Waals surface area contributed by atoms with Gasteiger partial charge < -0.3 is 0 Å². The molecule has 1 aromatic carbocycles. The van der Waals surface area contributed by atoms with Crippen molar-refractivity contribution in [1.82, 2.24) is 20.1 Å². The minimum atomic E-state index is -0.240. The van der Waals surface area contributed by atoms with E-state index in [0.29, 0.717) is 0 Å². The SMILES string of the molecule is C[C@H](c1ccccn1)N(C)Cc1cn[nH]c1-c1ccc(F)cc1. The number of nitrogens with one attached hydrogen (secondary N) is 1. The van der Waals surface area contributed by atoms with Gasteiger partial charge in [-0.25, -0.2) is 4.39 Å². The maximum absolute atomic E-state index is 13.1. The maximum atomic E-state index is 13.1. The highest BCUT2D eigenvalue weighted by Gasteiger charge is 2.16. The molecule has 3 rings (SSSR count). The molecule has 0 fully saturated rings. The van der Waals surface area contributed by atoms with Crippen molar-refractivity contribution in [3.63, 3.8) is 0 Å². The van der Waals surface area contributed by atoms with Gasteiger partial charge in [-0.15, -0.1) is 0 Å². The van der Waals surface area contributed by atoms with Gasteiger partial charge >= 0.3 is 0 Å². The highest BCUT2D eigenvalue weighted by molar-refractivity contribution is 5.62. The monoisotopic (exact) mass is 310 g/mol. The second kappa shape index (κ2) is 6.71. The van der Waals surface area contributed by atoms with E-state index >= 15 is 0 Å². The van der Waals surface area contributed by atoms with Gasteiger partial charge in [0.2, 0.25) is 0 Å². The topological polar surface area (TPSA) is 44.8 Å². The van der Waals surface area contributed by atoms with E-state index in [2.05, 4.69) is 34.1 Å². The molecule has 2 aromatic heterocycles. The summed E-state index contributed by atoms with van der Waals surface area (Å²) in [4.78, 5) is 6.62. The lowest BCUT2D eigenvalue weighted by atomic mass is 10.1. The van der Waals surface area contributed by atoms with Crippen molar-refractivity contribution < 1.29 is 4.39 Å². The third-order valence-corrected chi connectivity index (χ3v) is 4.05. The Labute approximate surface area is 135 Å². The molecule has 0 spiro atoms. The molecule has 0 amide bonds. The number of hydrogen-bond acceptors (Lipinski definition) is 3. The van der Waals surface area contributed by atoms with Gasteiger partial charge in [-0.05, 0) is 50.4 Å². The molecular weight excluding hydrogens is 291 g/mol. The first-order valence-corrected chi connectivity index (χ1v) is 7.54. The van der Waals surface area contributed by atoms with Crippen LogP contribution in [0, 0.1) is 5.82 Å². The van der Waals surface area contributed by atoms with Crippen molar-refractivity contribution in [3.05, 3.63) is 71.9 Å². The molecule has 0 aliphatic heterocycles. The van der Waals surface area contributed by atoms with Crippen LogP contribution in [0.1, 0.15) is 24.2 Å². The van der Waals surface area contributed by atoms with Crippen molar-refractivity contribution >= 4 is 0 Å². The average Bonchev–Trinajstić information content (AvgIpc) is 3.03. The average molecular weight is 310 g/mol. The van der Waals surface area contributed by atoms with Crippen LogP contribution >= 0.6 is 0 Å². The van der Waals surface area contributed by atoms with Crippen LogP contribution in [0.4, 0.5) is 4.39 Å². The molecule has 3 aromatic rings. The molecule has 4 nitrogen and oxygen atoms in total. The summed E-state index contributed by atoms with van der Waals surface area (Å²) in [6.07, 6.45) is 3.63. The van der Waals surface area contributed by atoms with Crippen molar-refractivity contribution in [3.8, 4) is 11.3 Å². The molecule has 0 saturated carbocycles. The molecule has 0 aliphatic carbocycles. The van der Waals surface area contributed by atoms with Crippen LogP contribution < -0.4 is 0 Å². The second-order valence-electron chi connectivity index (χ2n) is 5.62. The summed E-state index contributed by atoms with van der Waals surface area (Å²) in [7, 11) is 2.06. The summed E-state index contributed by atoms with van der Waals surface area (Å²) in [5, 5.41) is 7.16. The Hall–Kier alpha value is -2.53. The summed E-state index contributed by atoms with van der Waals surface area (Å²) in [6.45, 7) is 2.85. The third-order valence-electron chi connectivity index (χ3n) is 4.05. The van der Waals surface area contributed by atoms with E-state index < -0.39 is 0 Å². The van der Waals surface area contributed by atoms with Crippen molar-refractivity contribution in [2.75, 3.05) is 7.05 Å². The van der Waals surface area contributed by atoms with Gasteiger partial charge in [0, 0.05) is 29.9 Å². The van der Waals surface area contributed by atoms with Gasteiger partial charge in [0.15, 0.2) is 0 Å². The van der Waals surface area contributed by atoms with Gasteiger partial charge in [0.25, 0.3) is 0 Å². The fourth-order valence-electron chi connectivity index (χ4n) is 2.55. The molecule has 1 atom stereocenters. The van der Waals surface area contributed by atoms with Crippen LogP contribution in [0.3, 0.4) is 0 Å². The van der Waals surface area contributed by atoms with Gasteiger partial charge in [-0.2, -0.15) is 5.10 Å². The molecule has 23 heavy (non-hydrogen) atoms. The van der Waals surface area contributed by atoms with Gasteiger partial charge in [0.1, 0.15) is 5.82 Å². The van der Waals surface area contributed by atoms with Crippen molar-refractivity contribution in [1.29, 1.82) is 0 Å². The molecule has 0 unspecified atom stereocenters. The number of rotatable bonds is 5. The highest BCUT2D eigenvalue weighted by Crippen LogP contribution is 2.25. The minimum Gasteiger partial charge on any atom is -0.294 e. The summed E-state index contributed by atoms with van der Waals surface area (Å²) >= 11 is 0. The van der Waals surface area contributed by atoms with E-state index in [0.717, 1.165) is 29.1 Å². The molecule has 0 bridgehead atoms. The zero-order valence-corrected chi connectivity index (χ0v) is 13.2. The third kappa shape index (κ3) is 3.46. The largest absolute Gasteiger partial charge is 0.294 e. The van der Waals surface area contributed by atoms with Gasteiger partial charge in [0.05, 0.1) is 17.6 Å². The Balaban J connectivity index is 1.78. The minimum absolute atomic E-state index is 0.187. The molecule has 5 heteroatoms. The second-order valence-corrected chi connectivity index (χ2v) is 5.62. The van der Waals surface area contributed by atoms with Gasteiger partial charge in [-0.3, -0.25) is 15.0 Å². The van der Waals surface area contributed by atoms with Crippen LogP contribution in [0.15, 0.2) is 54.9 Å². The summed E-state index contributed by atoms with van der Waals surface area (Å²) in [6, 6.07) is 12.6.